The van der Waals surface area contributed by atoms with E-state index in [0.717, 1.165) is 12.0 Å². The molecule has 0 atom stereocenters. The van der Waals surface area contributed by atoms with Crippen LogP contribution in [-0.4, -0.2) is 30.6 Å². The summed E-state index contributed by atoms with van der Waals surface area (Å²) in [6.07, 6.45) is 0.743. The zero-order chi connectivity index (χ0) is 11.7. The molecular weight excluding hydrogens is 212 g/mol. The number of carbonyl (C=O) groups excluding carboxylic acids is 1. The summed E-state index contributed by atoms with van der Waals surface area (Å²) in [5, 5.41) is 8.66. The van der Waals surface area contributed by atoms with E-state index in [1.807, 2.05) is 0 Å². The number of Topliss-reactive ketones (excluding diaryl/α,β-unsaturated/α-hetero) is 1. The van der Waals surface area contributed by atoms with Gasteiger partial charge >= 0.3 is 5.97 Å². The molecule has 0 unspecified atom stereocenters. The van der Waals surface area contributed by atoms with Gasteiger partial charge < -0.3 is 14.6 Å². The lowest BCUT2D eigenvalue weighted by atomic mass is 10.0. The minimum atomic E-state index is -1.50. The number of hydrogen-bond donors (Lipinski definition) is 1. The molecule has 1 aromatic carbocycles. The lowest BCUT2D eigenvalue weighted by molar-refractivity contribution is -0.131. The molecule has 5 heteroatoms. The number of fused-ring (bicyclic) bond motifs is 1. The van der Waals surface area contributed by atoms with E-state index in [1.54, 1.807) is 6.07 Å². The van der Waals surface area contributed by atoms with Crippen molar-refractivity contribution in [3.63, 3.8) is 0 Å². The number of benzene rings is 1. The van der Waals surface area contributed by atoms with Crippen molar-refractivity contribution >= 4 is 11.8 Å². The van der Waals surface area contributed by atoms with Crippen LogP contribution in [0, 0.1) is 0 Å². The van der Waals surface area contributed by atoms with Gasteiger partial charge in [-0.2, -0.15) is 0 Å². The Bertz CT molecular complexity index is 464. The van der Waals surface area contributed by atoms with Crippen molar-refractivity contribution in [3.8, 4) is 11.5 Å². The summed E-state index contributed by atoms with van der Waals surface area (Å²) in [6.45, 7) is 0.545. The second-order valence-corrected chi connectivity index (χ2v) is 3.39. The molecule has 0 aliphatic carbocycles. The molecule has 0 bridgehead atoms. The van der Waals surface area contributed by atoms with E-state index < -0.39 is 11.8 Å². The minimum absolute atomic E-state index is 0.0238. The van der Waals surface area contributed by atoms with Crippen molar-refractivity contribution < 1.29 is 24.2 Å². The number of aliphatic carboxylic acids is 1. The Balaban J connectivity index is 2.52. The first-order valence-corrected chi connectivity index (χ1v) is 4.75. The van der Waals surface area contributed by atoms with Crippen molar-refractivity contribution in [2.45, 2.75) is 6.42 Å². The van der Waals surface area contributed by atoms with Gasteiger partial charge in [0.2, 0.25) is 0 Å². The number of carboxylic acids is 1. The van der Waals surface area contributed by atoms with Crippen LogP contribution in [0.1, 0.15) is 15.9 Å². The van der Waals surface area contributed by atoms with Crippen molar-refractivity contribution in [2.75, 3.05) is 13.7 Å². The summed E-state index contributed by atoms with van der Waals surface area (Å²) in [5.41, 5.74) is 0.953. The summed E-state index contributed by atoms with van der Waals surface area (Å²) < 4.78 is 10.3. The predicted molar refractivity (Wildman–Crippen MR) is 54.2 cm³/mol. The highest BCUT2D eigenvalue weighted by molar-refractivity contribution is 6.40. The van der Waals surface area contributed by atoms with Gasteiger partial charge in [0, 0.05) is 12.0 Å². The SMILES string of the molecule is COc1cc2c(cc1C(=O)C(=O)O)OCC2. The van der Waals surface area contributed by atoms with Gasteiger partial charge in [-0.1, -0.05) is 0 Å². The Morgan fingerprint density at radius 2 is 2.19 bits per heavy atom. The monoisotopic (exact) mass is 222 g/mol. The van der Waals surface area contributed by atoms with Crippen LogP contribution in [-0.2, 0) is 11.2 Å². The fourth-order valence-corrected chi connectivity index (χ4v) is 1.66. The molecular formula is C11H10O5. The molecule has 0 radical (unpaired) electrons. The zero-order valence-corrected chi connectivity index (χ0v) is 8.65. The highest BCUT2D eigenvalue weighted by Gasteiger charge is 2.24. The topological polar surface area (TPSA) is 72.8 Å². The number of methoxy groups -OCH3 is 1. The summed E-state index contributed by atoms with van der Waals surface area (Å²) in [7, 11) is 1.40. The highest BCUT2D eigenvalue weighted by atomic mass is 16.5. The molecule has 1 aromatic rings. The van der Waals surface area contributed by atoms with Gasteiger partial charge in [-0.15, -0.1) is 0 Å². The average molecular weight is 222 g/mol. The molecule has 0 aromatic heterocycles. The first-order chi connectivity index (χ1) is 7.63. The number of hydrogen-bond acceptors (Lipinski definition) is 4. The second kappa shape index (κ2) is 3.84. The first kappa shape index (κ1) is 10.5. The molecule has 2 rings (SSSR count). The van der Waals surface area contributed by atoms with E-state index in [1.165, 1.54) is 13.2 Å². The lowest BCUT2D eigenvalue weighted by Gasteiger charge is -2.08. The van der Waals surface area contributed by atoms with E-state index in [4.69, 9.17) is 14.6 Å². The molecule has 0 amide bonds. The number of ether oxygens (including phenoxy) is 2. The van der Waals surface area contributed by atoms with E-state index in [0.29, 0.717) is 12.4 Å². The third-order valence-corrected chi connectivity index (χ3v) is 2.45. The van der Waals surface area contributed by atoms with Gasteiger partial charge in [-0.3, -0.25) is 4.79 Å². The van der Waals surface area contributed by atoms with Gasteiger partial charge in [0.15, 0.2) is 0 Å². The smallest absolute Gasteiger partial charge is 0.377 e. The van der Waals surface area contributed by atoms with E-state index in [9.17, 15) is 9.59 Å². The van der Waals surface area contributed by atoms with Crippen LogP contribution in [0.3, 0.4) is 0 Å². The number of carboxylic acid groups (broad SMARTS) is 1. The van der Waals surface area contributed by atoms with Gasteiger partial charge in [0.05, 0.1) is 19.3 Å². The Labute approximate surface area is 91.6 Å². The first-order valence-electron chi connectivity index (χ1n) is 4.75. The van der Waals surface area contributed by atoms with Crippen LogP contribution in [0.5, 0.6) is 11.5 Å². The predicted octanol–water partition coefficient (Wildman–Crippen LogP) is 0.897. The number of ketones is 1. The molecule has 0 saturated carbocycles. The van der Waals surface area contributed by atoms with Crippen LogP contribution in [0.4, 0.5) is 0 Å². The molecule has 0 spiro atoms. The van der Waals surface area contributed by atoms with Gasteiger partial charge in [-0.05, 0) is 12.1 Å². The third kappa shape index (κ3) is 1.60. The van der Waals surface area contributed by atoms with Crippen LogP contribution in [0.15, 0.2) is 12.1 Å². The second-order valence-electron chi connectivity index (χ2n) is 3.39. The van der Waals surface area contributed by atoms with Gasteiger partial charge in [0.1, 0.15) is 11.5 Å². The van der Waals surface area contributed by atoms with Crippen molar-refractivity contribution in [3.05, 3.63) is 23.3 Å². The van der Waals surface area contributed by atoms with Gasteiger partial charge in [-0.25, -0.2) is 4.79 Å². The molecule has 1 aliphatic rings. The summed E-state index contributed by atoms with van der Waals surface area (Å²) in [5.74, 6) is -1.66. The molecule has 5 nitrogen and oxygen atoms in total. The summed E-state index contributed by atoms with van der Waals surface area (Å²) in [6, 6.07) is 3.08. The van der Waals surface area contributed by atoms with Crippen LogP contribution in [0.25, 0.3) is 0 Å². The fourth-order valence-electron chi connectivity index (χ4n) is 1.66. The van der Waals surface area contributed by atoms with Crippen LogP contribution >= 0.6 is 0 Å². The lowest BCUT2D eigenvalue weighted by Crippen LogP contribution is -2.14. The Kier molecular flexibility index (Phi) is 2.52. The van der Waals surface area contributed by atoms with Crippen molar-refractivity contribution in [2.24, 2.45) is 0 Å². The Morgan fingerprint density at radius 1 is 1.44 bits per heavy atom. The zero-order valence-electron chi connectivity index (χ0n) is 8.65. The molecule has 1 heterocycles. The molecule has 16 heavy (non-hydrogen) atoms. The third-order valence-electron chi connectivity index (χ3n) is 2.45. The average Bonchev–Trinajstić information content (AvgIpc) is 2.72. The summed E-state index contributed by atoms with van der Waals surface area (Å²) >= 11 is 0. The maximum Gasteiger partial charge on any atom is 0.377 e. The van der Waals surface area contributed by atoms with Crippen molar-refractivity contribution in [1.82, 2.24) is 0 Å². The maximum atomic E-state index is 11.4. The molecule has 0 saturated heterocycles. The highest BCUT2D eigenvalue weighted by Crippen LogP contribution is 2.32. The quantitative estimate of drug-likeness (QED) is 0.607. The fraction of sp³-hybridized carbons (Fsp3) is 0.273. The number of rotatable bonds is 3. The summed E-state index contributed by atoms with van der Waals surface area (Å²) in [4.78, 5) is 22.0. The Hall–Kier alpha value is -2.04. The molecule has 84 valence electrons. The minimum Gasteiger partial charge on any atom is -0.496 e. The number of carbonyl (C=O) groups is 2. The maximum absolute atomic E-state index is 11.4. The normalized spacial score (nSPS) is 12.8. The van der Waals surface area contributed by atoms with Crippen molar-refractivity contribution in [1.29, 1.82) is 0 Å². The van der Waals surface area contributed by atoms with E-state index in [2.05, 4.69) is 0 Å². The molecule has 0 fully saturated rings. The standard InChI is InChI=1S/C11H10O5/c1-15-9-4-6-2-3-16-8(6)5-7(9)10(12)11(13)14/h4-5H,2-3H2,1H3,(H,13,14). The Morgan fingerprint density at radius 3 is 2.81 bits per heavy atom. The van der Waals surface area contributed by atoms with Crippen LogP contribution < -0.4 is 9.47 Å². The largest absolute Gasteiger partial charge is 0.496 e. The van der Waals surface area contributed by atoms with Gasteiger partial charge in [0.25, 0.3) is 5.78 Å². The molecule has 1 N–H and O–H groups in total. The molecule has 1 aliphatic heterocycles. The van der Waals surface area contributed by atoms with E-state index >= 15 is 0 Å². The van der Waals surface area contributed by atoms with Crippen LogP contribution in [0.2, 0.25) is 0 Å². The van der Waals surface area contributed by atoms with E-state index in [-0.39, 0.29) is 11.3 Å².